The molecule has 0 spiro atoms. The second kappa shape index (κ2) is 7.63. The van der Waals surface area contributed by atoms with Gasteiger partial charge in [0.1, 0.15) is 11.3 Å². The third-order valence-corrected chi connectivity index (χ3v) is 5.31. The summed E-state index contributed by atoms with van der Waals surface area (Å²) in [7, 11) is 0. The zero-order valence-electron chi connectivity index (χ0n) is 15.9. The van der Waals surface area contributed by atoms with E-state index in [1.54, 1.807) is 12.1 Å². The van der Waals surface area contributed by atoms with Crippen LogP contribution in [0.25, 0.3) is 22.4 Å². The highest BCUT2D eigenvalue weighted by atomic mass is 16.8. The van der Waals surface area contributed by atoms with Crippen LogP contribution in [0.5, 0.6) is 0 Å². The van der Waals surface area contributed by atoms with E-state index >= 15 is 0 Å². The van der Waals surface area contributed by atoms with E-state index in [0.29, 0.717) is 36.8 Å². The Morgan fingerprint density at radius 3 is 2.87 bits per heavy atom. The Morgan fingerprint density at radius 2 is 2.03 bits per heavy atom. The molecule has 3 atom stereocenters. The van der Waals surface area contributed by atoms with Crippen LogP contribution in [0.2, 0.25) is 0 Å². The van der Waals surface area contributed by atoms with E-state index in [4.69, 9.17) is 8.94 Å². The molecular formula is C21H20N4O5. The number of hydrogen-bond donors (Lipinski definition) is 3. The van der Waals surface area contributed by atoms with E-state index in [2.05, 4.69) is 10.1 Å². The molecule has 0 bridgehead atoms. The molecule has 0 aliphatic carbocycles. The lowest BCUT2D eigenvalue weighted by Crippen LogP contribution is -2.99. The van der Waals surface area contributed by atoms with Gasteiger partial charge in [-0.3, -0.25) is 4.90 Å². The summed E-state index contributed by atoms with van der Waals surface area (Å²) in [6.07, 6.45) is -0.0399. The van der Waals surface area contributed by atoms with Gasteiger partial charge in [0.15, 0.2) is 5.69 Å². The van der Waals surface area contributed by atoms with Crippen molar-refractivity contribution in [3.63, 3.8) is 0 Å². The Kier molecular flexibility index (Phi) is 4.81. The van der Waals surface area contributed by atoms with Crippen molar-refractivity contribution in [1.29, 1.82) is 0 Å². The van der Waals surface area contributed by atoms with Gasteiger partial charge in [-0.1, -0.05) is 35.5 Å². The van der Waals surface area contributed by atoms with E-state index in [9.17, 15) is 15.5 Å². The third kappa shape index (κ3) is 3.60. The Labute approximate surface area is 171 Å². The number of quaternary nitrogens is 1. The molecule has 9 nitrogen and oxygen atoms in total. The van der Waals surface area contributed by atoms with Crippen molar-refractivity contribution >= 4 is 16.7 Å². The summed E-state index contributed by atoms with van der Waals surface area (Å²) in [6, 6.07) is 15.9. The first-order chi connectivity index (χ1) is 14.6. The maximum atomic E-state index is 11.2. The molecule has 2 aromatic carbocycles. The van der Waals surface area contributed by atoms with Crippen molar-refractivity contribution in [1.82, 2.24) is 15.0 Å². The van der Waals surface area contributed by atoms with Crippen molar-refractivity contribution in [2.24, 2.45) is 0 Å². The number of aromatic nitrogens is 2. The smallest absolute Gasteiger partial charge is 0.244 e. The SMILES string of the molecule is [O-][NH+](O)c1cccc(-c2noc(C3CC(O)CN3Cc3cc4ccccc4o3)n2)c1. The quantitative estimate of drug-likeness (QED) is 0.430. The molecule has 1 aliphatic heterocycles. The number of furan rings is 1. The Morgan fingerprint density at radius 1 is 1.17 bits per heavy atom. The highest BCUT2D eigenvalue weighted by Gasteiger charge is 2.36. The lowest BCUT2D eigenvalue weighted by atomic mass is 10.2. The first-order valence-corrected chi connectivity index (χ1v) is 9.64. The zero-order chi connectivity index (χ0) is 20.7. The monoisotopic (exact) mass is 408 g/mol. The Balaban J connectivity index is 1.39. The van der Waals surface area contributed by atoms with Gasteiger partial charge in [-0.05, 0) is 18.6 Å². The molecule has 30 heavy (non-hydrogen) atoms. The van der Waals surface area contributed by atoms with Crippen molar-refractivity contribution in [2.45, 2.75) is 25.1 Å². The Hall–Kier alpha value is -3.08. The van der Waals surface area contributed by atoms with Gasteiger partial charge in [-0.15, -0.1) is 0 Å². The summed E-state index contributed by atoms with van der Waals surface area (Å²) < 4.78 is 11.4. The minimum absolute atomic E-state index is 0.154. The highest BCUT2D eigenvalue weighted by molar-refractivity contribution is 5.77. The normalized spacial score (nSPS) is 20.8. The zero-order valence-corrected chi connectivity index (χ0v) is 15.9. The maximum Gasteiger partial charge on any atom is 0.244 e. The summed E-state index contributed by atoms with van der Waals surface area (Å²) >= 11 is 0. The molecule has 154 valence electrons. The lowest BCUT2D eigenvalue weighted by molar-refractivity contribution is -0.991. The van der Waals surface area contributed by atoms with Crippen molar-refractivity contribution < 1.29 is 24.5 Å². The first-order valence-electron chi connectivity index (χ1n) is 9.64. The number of nitrogens with zero attached hydrogens (tertiary/aromatic N) is 3. The van der Waals surface area contributed by atoms with Gasteiger partial charge >= 0.3 is 0 Å². The molecule has 3 unspecified atom stereocenters. The molecule has 1 aliphatic rings. The predicted octanol–water partition coefficient (Wildman–Crippen LogP) is 2.19. The van der Waals surface area contributed by atoms with Gasteiger partial charge in [0.25, 0.3) is 0 Å². The average molecular weight is 408 g/mol. The molecule has 9 heteroatoms. The summed E-state index contributed by atoms with van der Waals surface area (Å²) in [5.74, 6) is 1.50. The van der Waals surface area contributed by atoms with Crippen molar-refractivity contribution in [3.05, 3.63) is 71.5 Å². The van der Waals surface area contributed by atoms with Crippen molar-refractivity contribution in [3.8, 4) is 11.4 Å². The molecule has 0 amide bonds. The van der Waals surface area contributed by atoms with Gasteiger partial charge in [-0.2, -0.15) is 10.2 Å². The minimum atomic E-state index is -1.02. The van der Waals surface area contributed by atoms with Gasteiger partial charge in [-0.25, -0.2) is 5.21 Å². The topological polar surface area (TPSA) is 123 Å². The molecule has 0 radical (unpaired) electrons. The molecule has 1 saturated heterocycles. The number of β-amino-alcohol motifs (C(OH)–C–C–N with tert-alkyl or cyclic N) is 1. The van der Waals surface area contributed by atoms with Crippen LogP contribution in [-0.4, -0.2) is 38.0 Å². The number of benzene rings is 2. The molecule has 2 aromatic heterocycles. The number of rotatable bonds is 5. The second-order valence-corrected chi connectivity index (χ2v) is 7.43. The van der Waals surface area contributed by atoms with E-state index in [-0.39, 0.29) is 11.7 Å². The summed E-state index contributed by atoms with van der Waals surface area (Å²) in [5, 5.41) is 34.7. The summed E-state index contributed by atoms with van der Waals surface area (Å²) in [4.78, 5) is 6.53. The highest BCUT2D eigenvalue weighted by Crippen LogP contribution is 2.34. The van der Waals surface area contributed by atoms with Gasteiger partial charge < -0.3 is 19.3 Å². The van der Waals surface area contributed by atoms with Gasteiger partial charge in [0.05, 0.1) is 18.7 Å². The Bertz CT molecular complexity index is 1140. The minimum Gasteiger partial charge on any atom is -0.595 e. The number of aliphatic hydroxyl groups is 1. The van der Waals surface area contributed by atoms with Crippen molar-refractivity contribution in [2.75, 3.05) is 6.54 Å². The molecule has 3 heterocycles. The van der Waals surface area contributed by atoms with Crippen LogP contribution >= 0.6 is 0 Å². The number of para-hydroxylation sites is 1. The number of fused-ring (bicyclic) bond motifs is 1. The molecule has 0 saturated carbocycles. The standard InChI is InChI=1S/C21H20N4O5/c26-16-10-18(24(11-16)12-17-9-13-4-1-2-7-19(13)29-17)21-22-20(23-30-21)14-5-3-6-15(8-14)25(27)28/h1-9,16,18,25-27H,10-12H2. The van der Waals surface area contributed by atoms with E-state index in [1.807, 2.05) is 35.2 Å². The first kappa shape index (κ1) is 18.9. The summed E-state index contributed by atoms with van der Waals surface area (Å²) in [6.45, 7) is 0.969. The molecule has 1 fully saturated rings. The van der Waals surface area contributed by atoms with Crippen LogP contribution in [0.15, 0.2) is 63.5 Å². The van der Waals surface area contributed by atoms with Crippen LogP contribution in [0.4, 0.5) is 5.69 Å². The molecule has 4 aromatic rings. The van der Waals surface area contributed by atoms with Crippen LogP contribution in [0.1, 0.15) is 24.1 Å². The average Bonchev–Trinajstić information content (AvgIpc) is 3.46. The molecule has 3 N–H and O–H groups in total. The summed E-state index contributed by atoms with van der Waals surface area (Å²) in [5.41, 5.74) is 1.54. The second-order valence-electron chi connectivity index (χ2n) is 7.43. The number of likely N-dealkylation sites (tertiary alicyclic amines) is 1. The third-order valence-electron chi connectivity index (χ3n) is 5.31. The van der Waals surface area contributed by atoms with E-state index in [0.717, 1.165) is 16.7 Å². The fourth-order valence-corrected chi connectivity index (χ4v) is 3.91. The predicted molar refractivity (Wildman–Crippen MR) is 105 cm³/mol. The van der Waals surface area contributed by atoms with Gasteiger partial charge in [0.2, 0.25) is 11.7 Å². The number of aliphatic hydroxyl groups excluding tert-OH is 1. The van der Waals surface area contributed by atoms with Gasteiger partial charge in [0, 0.05) is 29.6 Å². The molecule has 5 rings (SSSR count). The van der Waals surface area contributed by atoms with Crippen LogP contribution in [0, 0.1) is 5.21 Å². The largest absolute Gasteiger partial charge is 0.595 e. The van der Waals surface area contributed by atoms with Crippen LogP contribution < -0.4 is 5.23 Å². The van der Waals surface area contributed by atoms with E-state index < -0.39 is 11.3 Å². The fraction of sp³-hybridized carbons (Fsp3) is 0.238. The van der Waals surface area contributed by atoms with Crippen LogP contribution in [0.3, 0.4) is 0 Å². The number of hydrogen-bond acceptors (Lipinski definition) is 8. The lowest BCUT2D eigenvalue weighted by Gasteiger charge is -2.19. The van der Waals surface area contributed by atoms with E-state index in [1.165, 1.54) is 12.1 Å². The number of nitrogens with one attached hydrogen (secondary N) is 1. The maximum absolute atomic E-state index is 11.2. The molecular weight excluding hydrogens is 388 g/mol. The fourth-order valence-electron chi connectivity index (χ4n) is 3.91. The van der Waals surface area contributed by atoms with Crippen LogP contribution in [-0.2, 0) is 6.54 Å².